The van der Waals surface area contributed by atoms with Gasteiger partial charge in [0.05, 0.1) is 10.1 Å². The average Bonchev–Trinajstić information content (AvgIpc) is 2.99. The summed E-state index contributed by atoms with van der Waals surface area (Å²) in [5.41, 5.74) is 0. The third-order valence-electron chi connectivity index (χ3n) is 4.83. The van der Waals surface area contributed by atoms with Gasteiger partial charge in [0, 0.05) is 22.6 Å². The minimum atomic E-state index is -3.29. The van der Waals surface area contributed by atoms with Crippen LogP contribution in [0.15, 0.2) is 29.2 Å². The van der Waals surface area contributed by atoms with E-state index in [-0.39, 0.29) is 11.3 Å². The summed E-state index contributed by atoms with van der Waals surface area (Å²) in [6.45, 7) is 4.33. The molecule has 3 nitrogen and oxygen atoms in total. The largest absolute Gasteiger partial charge is 0.298 e. The molecule has 2 atom stereocenters. The summed E-state index contributed by atoms with van der Waals surface area (Å²) in [7, 11) is -3.29. The van der Waals surface area contributed by atoms with Crippen LogP contribution in [-0.2, 0) is 9.84 Å². The number of benzene rings is 1. The van der Waals surface area contributed by atoms with Gasteiger partial charge in [-0.25, -0.2) is 8.42 Å². The van der Waals surface area contributed by atoms with Gasteiger partial charge in [-0.15, -0.1) is 0 Å². The summed E-state index contributed by atoms with van der Waals surface area (Å²) >= 11 is 7.64. The lowest BCUT2D eigenvalue weighted by atomic mass is 9.98. The molecule has 0 N–H and O–H groups in total. The van der Waals surface area contributed by atoms with Crippen molar-refractivity contribution in [2.75, 3.05) is 24.6 Å². The lowest BCUT2D eigenvalue weighted by Crippen LogP contribution is -2.49. The van der Waals surface area contributed by atoms with Gasteiger partial charge in [0.2, 0.25) is 0 Å². The molecular formula is C16H22ClNO2S2. The minimum Gasteiger partial charge on any atom is -0.298 e. The van der Waals surface area contributed by atoms with Gasteiger partial charge >= 0.3 is 0 Å². The van der Waals surface area contributed by atoms with Crippen molar-refractivity contribution in [2.45, 2.75) is 36.0 Å². The molecule has 0 aliphatic carbocycles. The maximum atomic E-state index is 13.0. The predicted octanol–water partition coefficient (Wildman–Crippen LogP) is 3.33. The molecule has 6 heteroatoms. The molecule has 0 bridgehead atoms. The second kappa shape index (κ2) is 6.71. The highest BCUT2D eigenvalue weighted by atomic mass is 35.5. The van der Waals surface area contributed by atoms with Gasteiger partial charge in [-0.3, -0.25) is 4.90 Å². The van der Waals surface area contributed by atoms with Gasteiger partial charge in [-0.2, -0.15) is 11.8 Å². The van der Waals surface area contributed by atoms with Crippen LogP contribution in [0.5, 0.6) is 0 Å². The van der Waals surface area contributed by atoms with E-state index in [4.69, 9.17) is 11.6 Å². The molecule has 2 heterocycles. The van der Waals surface area contributed by atoms with Crippen molar-refractivity contribution in [3.05, 3.63) is 29.3 Å². The van der Waals surface area contributed by atoms with E-state index < -0.39 is 9.84 Å². The van der Waals surface area contributed by atoms with E-state index in [1.807, 2.05) is 0 Å². The van der Waals surface area contributed by atoms with Crippen molar-refractivity contribution in [3.8, 4) is 0 Å². The van der Waals surface area contributed by atoms with Crippen molar-refractivity contribution >= 4 is 33.2 Å². The first-order valence-corrected chi connectivity index (χ1v) is 10.9. The van der Waals surface area contributed by atoms with Crippen molar-refractivity contribution in [3.63, 3.8) is 0 Å². The Morgan fingerprint density at radius 1 is 1.14 bits per heavy atom. The van der Waals surface area contributed by atoms with Crippen LogP contribution in [0.2, 0.25) is 5.02 Å². The number of sulfone groups is 1. The fourth-order valence-electron chi connectivity index (χ4n) is 3.32. The predicted molar refractivity (Wildman–Crippen MR) is 93.5 cm³/mol. The molecule has 0 unspecified atom stereocenters. The first-order valence-electron chi connectivity index (χ1n) is 7.80. The molecule has 0 saturated carbocycles. The van der Waals surface area contributed by atoms with Gasteiger partial charge < -0.3 is 0 Å². The van der Waals surface area contributed by atoms with E-state index in [1.54, 1.807) is 36.0 Å². The van der Waals surface area contributed by atoms with E-state index in [9.17, 15) is 8.42 Å². The summed E-state index contributed by atoms with van der Waals surface area (Å²) in [6.07, 6.45) is 2.35. The fourth-order valence-corrected chi connectivity index (χ4v) is 7.39. The molecule has 2 saturated heterocycles. The van der Waals surface area contributed by atoms with Gasteiger partial charge in [-0.1, -0.05) is 18.5 Å². The Morgan fingerprint density at radius 2 is 1.77 bits per heavy atom. The molecule has 0 radical (unpaired) electrons. The second-order valence-corrected chi connectivity index (χ2v) is 10.0. The number of nitrogens with zero attached hydrogens (tertiary/aromatic N) is 1. The standard InChI is InChI=1S/C16H22ClNO2S2/c1-12-6-8-18(9-7-12)15-10-21-11-16(15)22(19,20)14-4-2-13(17)3-5-14/h2-5,12,15-16H,6-11H2,1H3/t15-,16-/m0/s1. The molecule has 2 fully saturated rings. The molecule has 1 aromatic carbocycles. The zero-order valence-corrected chi connectivity index (χ0v) is 15.1. The number of rotatable bonds is 3. The first-order chi connectivity index (χ1) is 10.5. The molecule has 2 aliphatic heterocycles. The zero-order valence-electron chi connectivity index (χ0n) is 12.7. The molecule has 0 aromatic heterocycles. The molecule has 3 rings (SSSR count). The number of likely N-dealkylation sites (tertiary alicyclic amines) is 1. The first kappa shape index (κ1) is 16.6. The number of piperidine rings is 1. The SMILES string of the molecule is CC1CCN([C@H]2CSC[C@@H]2S(=O)(=O)c2ccc(Cl)cc2)CC1. The topological polar surface area (TPSA) is 37.4 Å². The number of hydrogen-bond acceptors (Lipinski definition) is 4. The summed E-state index contributed by atoms with van der Waals surface area (Å²) in [5, 5.41) is 0.272. The molecule has 0 amide bonds. The Kier molecular flexibility index (Phi) is 5.07. The Balaban J connectivity index is 1.81. The maximum Gasteiger partial charge on any atom is 0.183 e. The molecule has 22 heavy (non-hydrogen) atoms. The van der Waals surface area contributed by atoms with E-state index in [0.29, 0.717) is 15.7 Å². The maximum absolute atomic E-state index is 13.0. The molecule has 1 aromatic rings. The third-order valence-corrected chi connectivity index (χ3v) is 8.67. The normalized spacial score (nSPS) is 28.1. The second-order valence-electron chi connectivity index (χ2n) is 6.36. The van der Waals surface area contributed by atoms with Crippen molar-refractivity contribution in [2.24, 2.45) is 5.92 Å². The average molecular weight is 360 g/mol. The Hall–Kier alpha value is -0.230. The van der Waals surface area contributed by atoms with E-state index in [2.05, 4.69) is 11.8 Å². The summed E-state index contributed by atoms with van der Waals surface area (Å²) in [6, 6.07) is 6.74. The van der Waals surface area contributed by atoms with Crippen LogP contribution in [0, 0.1) is 5.92 Å². The third kappa shape index (κ3) is 3.32. The molecule has 2 aliphatic rings. The highest BCUT2D eigenvalue weighted by molar-refractivity contribution is 8.01. The van der Waals surface area contributed by atoms with Crippen molar-refractivity contribution in [1.29, 1.82) is 0 Å². The lowest BCUT2D eigenvalue weighted by molar-refractivity contribution is 0.151. The van der Waals surface area contributed by atoms with Crippen LogP contribution in [0.1, 0.15) is 19.8 Å². The van der Waals surface area contributed by atoms with Gasteiger partial charge in [0.15, 0.2) is 9.84 Å². The van der Waals surface area contributed by atoms with Crippen LogP contribution in [-0.4, -0.2) is 49.2 Å². The quantitative estimate of drug-likeness (QED) is 0.829. The van der Waals surface area contributed by atoms with Crippen LogP contribution in [0.25, 0.3) is 0 Å². The van der Waals surface area contributed by atoms with Crippen LogP contribution >= 0.6 is 23.4 Å². The van der Waals surface area contributed by atoms with E-state index in [0.717, 1.165) is 24.8 Å². The summed E-state index contributed by atoms with van der Waals surface area (Å²) in [4.78, 5) is 2.80. The van der Waals surface area contributed by atoms with Gasteiger partial charge in [0.1, 0.15) is 0 Å². The number of halogens is 1. The number of hydrogen-bond donors (Lipinski definition) is 0. The fraction of sp³-hybridized carbons (Fsp3) is 0.625. The zero-order chi connectivity index (χ0) is 15.7. The molecule has 0 spiro atoms. The van der Waals surface area contributed by atoms with Gasteiger partial charge in [-0.05, 0) is 56.1 Å². The van der Waals surface area contributed by atoms with Crippen LogP contribution in [0.3, 0.4) is 0 Å². The van der Waals surface area contributed by atoms with Gasteiger partial charge in [0.25, 0.3) is 0 Å². The van der Waals surface area contributed by atoms with Crippen molar-refractivity contribution < 1.29 is 8.42 Å². The Bertz CT molecular complexity index is 610. The summed E-state index contributed by atoms with van der Waals surface area (Å²) < 4.78 is 26.0. The highest BCUT2D eigenvalue weighted by Gasteiger charge is 2.42. The summed E-state index contributed by atoms with van der Waals surface area (Å²) in [5.74, 6) is 2.38. The monoisotopic (exact) mass is 359 g/mol. The lowest BCUT2D eigenvalue weighted by Gasteiger charge is -2.37. The molecule has 122 valence electrons. The minimum absolute atomic E-state index is 0.151. The van der Waals surface area contributed by atoms with E-state index in [1.165, 1.54) is 12.8 Å². The Morgan fingerprint density at radius 3 is 2.41 bits per heavy atom. The molecular weight excluding hydrogens is 338 g/mol. The van der Waals surface area contributed by atoms with Crippen molar-refractivity contribution in [1.82, 2.24) is 4.90 Å². The number of thioether (sulfide) groups is 1. The highest BCUT2D eigenvalue weighted by Crippen LogP contribution is 2.34. The van der Waals surface area contributed by atoms with Crippen LogP contribution < -0.4 is 0 Å². The smallest absolute Gasteiger partial charge is 0.183 e. The van der Waals surface area contributed by atoms with Crippen LogP contribution in [0.4, 0.5) is 0 Å². The Labute approximate surface area is 142 Å². The van der Waals surface area contributed by atoms with E-state index >= 15 is 0 Å².